The van der Waals surface area contributed by atoms with Crippen LogP contribution < -0.4 is 25.5 Å². The van der Waals surface area contributed by atoms with Gasteiger partial charge in [-0.1, -0.05) is 30.3 Å². The van der Waals surface area contributed by atoms with Crippen LogP contribution in [0.4, 0.5) is 5.82 Å². The van der Waals surface area contributed by atoms with Gasteiger partial charge in [-0.3, -0.25) is 4.90 Å². The minimum absolute atomic E-state index is 0.0361. The number of hydrogen-bond donors (Lipinski definition) is 3. The number of aromatic nitrogens is 1. The Bertz CT molecular complexity index is 1210. The second-order valence-electron chi connectivity index (χ2n) is 9.26. The smallest absolute Gasteiger partial charge is 0.266 e. The average molecular weight is 489 g/mol. The third kappa shape index (κ3) is 5.51. The molecule has 188 valence electrons. The van der Waals surface area contributed by atoms with Gasteiger partial charge in [0.25, 0.3) is 5.84 Å². The summed E-state index contributed by atoms with van der Waals surface area (Å²) >= 11 is 0. The number of hydrogen-bond acceptors (Lipinski definition) is 7. The van der Waals surface area contributed by atoms with E-state index in [0.717, 1.165) is 62.6 Å². The maximum Gasteiger partial charge on any atom is 0.266 e. The number of nitrogens with two attached hydrogens (primary N) is 2. The number of benzene rings is 2. The van der Waals surface area contributed by atoms with Crippen LogP contribution in [-0.2, 0) is 4.74 Å². The van der Waals surface area contributed by atoms with Crippen LogP contribution in [0.3, 0.4) is 0 Å². The SMILES string of the molecule is N=C(c1cccc(OCCN2CCOCC2)c1)[n+]1cc(O[C@@H]2CC[C@H](N)c3ccccc32)ccc1N. The second kappa shape index (κ2) is 11.1. The summed E-state index contributed by atoms with van der Waals surface area (Å²) in [6.45, 7) is 4.84. The van der Waals surface area contributed by atoms with Crippen LogP contribution in [0.1, 0.15) is 41.7 Å². The zero-order valence-corrected chi connectivity index (χ0v) is 20.4. The zero-order valence-electron chi connectivity index (χ0n) is 20.4. The molecular weight excluding hydrogens is 454 g/mol. The maximum atomic E-state index is 8.84. The van der Waals surface area contributed by atoms with E-state index in [0.29, 0.717) is 23.7 Å². The summed E-state index contributed by atoms with van der Waals surface area (Å²) in [5.74, 6) is 2.09. The summed E-state index contributed by atoms with van der Waals surface area (Å²) in [6, 6.07) is 19.4. The first kappa shape index (κ1) is 24.2. The van der Waals surface area contributed by atoms with Crippen molar-refractivity contribution in [2.24, 2.45) is 5.73 Å². The van der Waals surface area contributed by atoms with Crippen molar-refractivity contribution < 1.29 is 18.8 Å². The van der Waals surface area contributed by atoms with E-state index in [1.165, 1.54) is 0 Å². The molecule has 0 radical (unpaired) electrons. The Morgan fingerprint density at radius 1 is 1.00 bits per heavy atom. The van der Waals surface area contributed by atoms with Crippen molar-refractivity contribution in [3.63, 3.8) is 0 Å². The van der Waals surface area contributed by atoms with Gasteiger partial charge in [-0.15, -0.1) is 0 Å². The van der Waals surface area contributed by atoms with Crippen LogP contribution in [0.25, 0.3) is 0 Å². The molecule has 1 saturated heterocycles. The molecule has 2 aliphatic rings. The number of nitrogens with zero attached hydrogens (tertiary/aromatic N) is 2. The van der Waals surface area contributed by atoms with Gasteiger partial charge >= 0.3 is 0 Å². The van der Waals surface area contributed by atoms with Gasteiger partial charge in [-0.05, 0) is 48.2 Å². The van der Waals surface area contributed by atoms with Crippen LogP contribution in [-0.4, -0.2) is 50.2 Å². The Balaban J connectivity index is 1.28. The van der Waals surface area contributed by atoms with Crippen LogP contribution in [0, 0.1) is 5.41 Å². The lowest BCUT2D eigenvalue weighted by Crippen LogP contribution is -2.45. The number of anilines is 1. The van der Waals surface area contributed by atoms with Crippen molar-refractivity contribution in [2.45, 2.75) is 25.0 Å². The number of pyridine rings is 1. The minimum Gasteiger partial charge on any atom is -0.492 e. The molecule has 3 aromatic rings. The quantitative estimate of drug-likeness (QED) is 0.268. The number of fused-ring (bicyclic) bond motifs is 1. The van der Waals surface area contributed by atoms with Crippen LogP contribution in [0.5, 0.6) is 11.5 Å². The predicted molar refractivity (Wildman–Crippen MR) is 138 cm³/mol. The fraction of sp³-hybridized carbons (Fsp3) is 0.357. The van der Waals surface area contributed by atoms with Crippen molar-refractivity contribution in [2.75, 3.05) is 45.2 Å². The molecule has 1 fully saturated rings. The first-order valence-corrected chi connectivity index (χ1v) is 12.5. The summed E-state index contributed by atoms with van der Waals surface area (Å²) in [5, 5.41) is 8.84. The zero-order chi connectivity index (χ0) is 24.9. The van der Waals surface area contributed by atoms with E-state index in [2.05, 4.69) is 17.0 Å². The molecule has 2 aromatic carbocycles. The third-order valence-electron chi connectivity index (χ3n) is 6.84. The lowest BCUT2D eigenvalue weighted by molar-refractivity contribution is -0.540. The number of ether oxygens (including phenoxy) is 3. The van der Waals surface area contributed by atoms with Crippen molar-refractivity contribution in [3.8, 4) is 11.5 Å². The Morgan fingerprint density at radius 3 is 2.64 bits per heavy atom. The van der Waals surface area contributed by atoms with E-state index < -0.39 is 0 Å². The van der Waals surface area contributed by atoms with Crippen molar-refractivity contribution in [1.82, 2.24) is 4.90 Å². The van der Waals surface area contributed by atoms with Crippen LogP contribution in [0.15, 0.2) is 66.9 Å². The van der Waals surface area contributed by atoms with Crippen LogP contribution in [0.2, 0.25) is 0 Å². The molecule has 2 heterocycles. The summed E-state index contributed by atoms with van der Waals surface area (Å²) < 4.78 is 19.4. The minimum atomic E-state index is -0.0875. The van der Waals surface area contributed by atoms with E-state index >= 15 is 0 Å². The number of nitrogen functional groups attached to an aromatic ring is 1. The highest BCUT2D eigenvalue weighted by atomic mass is 16.5. The predicted octanol–water partition coefficient (Wildman–Crippen LogP) is 3.05. The molecule has 2 atom stereocenters. The molecular formula is C28H34N5O3+. The van der Waals surface area contributed by atoms with Crippen molar-refractivity contribution in [3.05, 3.63) is 83.6 Å². The van der Waals surface area contributed by atoms with Gasteiger partial charge in [0.05, 0.1) is 18.8 Å². The summed E-state index contributed by atoms with van der Waals surface area (Å²) in [4.78, 5) is 2.33. The van der Waals surface area contributed by atoms with Gasteiger partial charge in [-0.25, -0.2) is 0 Å². The molecule has 0 bridgehead atoms. The molecule has 8 nitrogen and oxygen atoms in total. The molecule has 0 spiro atoms. The first-order valence-electron chi connectivity index (χ1n) is 12.5. The van der Waals surface area contributed by atoms with Gasteiger partial charge in [0.2, 0.25) is 5.82 Å². The molecule has 0 amide bonds. The van der Waals surface area contributed by atoms with Gasteiger partial charge < -0.3 is 25.7 Å². The molecule has 1 aliphatic carbocycles. The van der Waals surface area contributed by atoms with Gasteiger partial charge in [0, 0.05) is 31.7 Å². The van der Waals surface area contributed by atoms with E-state index in [1.54, 1.807) is 16.8 Å². The van der Waals surface area contributed by atoms with Gasteiger partial charge in [0.1, 0.15) is 24.7 Å². The monoisotopic (exact) mass is 488 g/mol. The van der Waals surface area contributed by atoms with Crippen molar-refractivity contribution in [1.29, 1.82) is 5.41 Å². The largest absolute Gasteiger partial charge is 0.492 e. The van der Waals surface area contributed by atoms with E-state index in [4.69, 9.17) is 31.1 Å². The lowest BCUT2D eigenvalue weighted by atomic mass is 9.86. The Morgan fingerprint density at radius 2 is 1.81 bits per heavy atom. The van der Waals surface area contributed by atoms with E-state index in [9.17, 15) is 0 Å². The summed E-state index contributed by atoms with van der Waals surface area (Å²) in [5.41, 5.74) is 15.5. The molecule has 5 N–H and O–H groups in total. The third-order valence-corrected chi connectivity index (χ3v) is 6.84. The highest BCUT2D eigenvalue weighted by Crippen LogP contribution is 2.37. The molecule has 1 aliphatic heterocycles. The van der Waals surface area contributed by atoms with Crippen LogP contribution >= 0.6 is 0 Å². The second-order valence-corrected chi connectivity index (χ2v) is 9.26. The number of nitrogens with one attached hydrogen (secondary N) is 1. The summed E-state index contributed by atoms with van der Waals surface area (Å²) in [6.07, 6.45) is 3.39. The maximum absolute atomic E-state index is 8.84. The van der Waals surface area contributed by atoms with Gasteiger partial charge in [0.15, 0.2) is 5.75 Å². The van der Waals surface area contributed by atoms with E-state index in [-0.39, 0.29) is 18.0 Å². The Labute approximate surface area is 211 Å². The van der Waals surface area contributed by atoms with E-state index in [1.807, 2.05) is 42.5 Å². The fourth-order valence-corrected chi connectivity index (χ4v) is 4.82. The average Bonchev–Trinajstić information content (AvgIpc) is 2.92. The molecule has 1 aromatic heterocycles. The highest BCUT2D eigenvalue weighted by Gasteiger charge is 2.27. The number of morpholine rings is 1. The topological polar surface area (TPSA) is 111 Å². The normalized spacial score (nSPS) is 19.9. The molecule has 5 rings (SSSR count). The molecule has 36 heavy (non-hydrogen) atoms. The van der Waals surface area contributed by atoms with Gasteiger partial charge in [-0.2, -0.15) is 9.98 Å². The Hall–Kier alpha value is -3.46. The van der Waals surface area contributed by atoms with Crippen molar-refractivity contribution >= 4 is 11.7 Å². The lowest BCUT2D eigenvalue weighted by Gasteiger charge is -2.29. The summed E-state index contributed by atoms with van der Waals surface area (Å²) in [7, 11) is 0. The fourth-order valence-electron chi connectivity index (χ4n) is 4.82. The number of rotatable bonds is 7. The molecule has 8 heteroatoms. The molecule has 0 saturated carbocycles. The molecule has 0 unspecified atom stereocenters. The first-order chi connectivity index (χ1) is 17.6. The highest BCUT2D eigenvalue weighted by molar-refractivity contribution is 5.90. The standard InChI is InChI=1S/C28H33N5O3/c29-25-9-10-26(24-7-2-1-6-23(24)25)36-22-8-11-27(30)33(19-22)28(31)20-4-3-5-21(18-20)35-17-14-32-12-15-34-16-13-32/h1-8,11,18-19,25-26,30-31H,9-10,12-17,29H2/p+1/t25-,26+/m0/s1. The Kier molecular flexibility index (Phi) is 7.46.